The Morgan fingerprint density at radius 2 is 1.92 bits per heavy atom. The Kier molecular flexibility index (Phi) is 5.47. The molecule has 0 fully saturated rings. The molecule has 138 valence electrons. The van der Waals surface area contributed by atoms with Gasteiger partial charge in [0.2, 0.25) is 0 Å². The maximum atomic E-state index is 12.8. The number of nitrogens with zero attached hydrogens (tertiary/aromatic N) is 2. The minimum absolute atomic E-state index is 0.0328. The smallest absolute Gasteiger partial charge is 0.321 e. The number of rotatable bonds is 5. The van der Waals surface area contributed by atoms with Gasteiger partial charge in [-0.1, -0.05) is 43.3 Å². The van der Waals surface area contributed by atoms with Gasteiger partial charge in [0, 0.05) is 30.3 Å². The number of methoxy groups -OCH3 is 1. The van der Waals surface area contributed by atoms with Crippen LogP contribution >= 0.6 is 0 Å². The number of carbonyl (C=O) groups is 1. The number of anilines is 1. The van der Waals surface area contributed by atoms with E-state index in [2.05, 4.69) is 23.2 Å². The SMILES string of the molecule is COc1ccccc1C(CNC(=O)N1CC(C)c2ccccc21)N(C)C. The monoisotopic (exact) mass is 353 g/mol. The first-order valence-electron chi connectivity index (χ1n) is 8.96. The summed E-state index contributed by atoms with van der Waals surface area (Å²) in [4.78, 5) is 16.8. The van der Waals surface area contributed by atoms with Crippen LogP contribution in [0, 0.1) is 0 Å². The summed E-state index contributed by atoms with van der Waals surface area (Å²) in [5, 5.41) is 3.11. The van der Waals surface area contributed by atoms with E-state index in [1.807, 2.05) is 61.5 Å². The van der Waals surface area contributed by atoms with Crippen LogP contribution in [0.4, 0.5) is 10.5 Å². The zero-order chi connectivity index (χ0) is 18.7. The zero-order valence-corrected chi connectivity index (χ0v) is 15.9. The van der Waals surface area contributed by atoms with Crippen LogP contribution < -0.4 is 15.0 Å². The normalized spacial score (nSPS) is 17.1. The molecule has 0 aliphatic carbocycles. The number of benzene rings is 2. The van der Waals surface area contributed by atoms with Crippen LogP contribution in [0.15, 0.2) is 48.5 Å². The van der Waals surface area contributed by atoms with Crippen LogP contribution in [0.2, 0.25) is 0 Å². The second-order valence-corrected chi connectivity index (χ2v) is 6.98. The number of amides is 2. The summed E-state index contributed by atoms with van der Waals surface area (Å²) in [6, 6.07) is 16.1. The average Bonchev–Trinajstić information content (AvgIpc) is 2.99. The second-order valence-electron chi connectivity index (χ2n) is 6.98. The molecule has 0 aromatic heterocycles. The van der Waals surface area contributed by atoms with Crippen molar-refractivity contribution in [3.8, 4) is 5.75 Å². The highest BCUT2D eigenvalue weighted by atomic mass is 16.5. The average molecular weight is 353 g/mol. The summed E-state index contributed by atoms with van der Waals surface area (Å²) in [5.41, 5.74) is 3.31. The lowest BCUT2D eigenvalue weighted by Gasteiger charge is -2.28. The van der Waals surface area contributed by atoms with Crippen LogP contribution in [0.1, 0.15) is 30.0 Å². The molecule has 1 N–H and O–H groups in total. The summed E-state index contributed by atoms with van der Waals surface area (Å²) < 4.78 is 5.49. The van der Waals surface area contributed by atoms with Crippen molar-refractivity contribution in [1.29, 1.82) is 0 Å². The van der Waals surface area contributed by atoms with E-state index in [1.165, 1.54) is 5.56 Å². The number of hydrogen-bond acceptors (Lipinski definition) is 3. The predicted octanol–water partition coefficient (Wildman–Crippen LogP) is 3.63. The van der Waals surface area contributed by atoms with Gasteiger partial charge in [-0.05, 0) is 31.8 Å². The fourth-order valence-electron chi connectivity index (χ4n) is 3.60. The van der Waals surface area contributed by atoms with Crippen molar-refractivity contribution in [3.05, 3.63) is 59.7 Å². The van der Waals surface area contributed by atoms with Crippen molar-refractivity contribution in [2.75, 3.05) is 39.2 Å². The molecule has 5 nitrogen and oxygen atoms in total. The number of fused-ring (bicyclic) bond motifs is 1. The number of para-hydroxylation sites is 2. The molecule has 1 aliphatic rings. The first-order chi connectivity index (χ1) is 12.5. The van der Waals surface area contributed by atoms with Gasteiger partial charge in [-0.2, -0.15) is 0 Å². The Balaban J connectivity index is 1.73. The predicted molar refractivity (Wildman–Crippen MR) is 105 cm³/mol. The third-order valence-electron chi connectivity index (χ3n) is 5.03. The molecule has 2 atom stereocenters. The standard InChI is InChI=1S/C21H27N3O2/c1-15-14-24(18-11-7-5-9-16(15)18)21(25)22-13-19(23(2)3)17-10-6-8-12-20(17)26-4/h5-12,15,19H,13-14H2,1-4H3,(H,22,25). The van der Waals surface area contributed by atoms with Crippen LogP contribution in [0.5, 0.6) is 5.75 Å². The molecule has 2 unspecified atom stereocenters. The lowest BCUT2D eigenvalue weighted by molar-refractivity contribution is 0.237. The van der Waals surface area contributed by atoms with E-state index in [0.29, 0.717) is 19.0 Å². The molecular weight excluding hydrogens is 326 g/mol. The fraction of sp³-hybridized carbons (Fsp3) is 0.381. The van der Waals surface area contributed by atoms with Crippen molar-refractivity contribution >= 4 is 11.7 Å². The Morgan fingerprint density at radius 1 is 1.23 bits per heavy atom. The summed E-state index contributed by atoms with van der Waals surface area (Å²) in [5.74, 6) is 1.19. The fourth-order valence-corrected chi connectivity index (χ4v) is 3.60. The highest BCUT2D eigenvalue weighted by Crippen LogP contribution is 2.35. The van der Waals surface area contributed by atoms with Gasteiger partial charge >= 0.3 is 6.03 Å². The van der Waals surface area contributed by atoms with Gasteiger partial charge in [0.1, 0.15) is 5.75 Å². The third-order valence-corrected chi connectivity index (χ3v) is 5.03. The Labute approximate surface area is 155 Å². The van der Waals surface area contributed by atoms with Crippen molar-refractivity contribution in [2.24, 2.45) is 0 Å². The number of carbonyl (C=O) groups excluding carboxylic acids is 1. The van der Waals surface area contributed by atoms with Crippen molar-refractivity contribution in [1.82, 2.24) is 10.2 Å². The van der Waals surface area contributed by atoms with Gasteiger partial charge in [0.15, 0.2) is 0 Å². The minimum Gasteiger partial charge on any atom is -0.496 e. The van der Waals surface area contributed by atoms with Gasteiger partial charge in [0.25, 0.3) is 0 Å². The van der Waals surface area contributed by atoms with Crippen LogP contribution in [0.25, 0.3) is 0 Å². The number of likely N-dealkylation sites (N-methyl/N-ethyl adjacent to an activating group) is 1. The first-order valence-corrected chi connectivity index (χ1v) is 8.96. The van der Waals surface area contributed by atoms with Gasteiger partial charge < -0.3 is 15.0 Å². The van der Waals surface area contributed by atoms with Crippen LogP contribution in [0.3, 0.4) is 0 Å². The summed E-state index contributed by atoms with van der Waals surface area (Å²) in [6.07, 6.45) is 0. The van der Waals surface area contributed by atoms with Gasteiger partial charge in [-0.3, -0.25) is 4.90 Å². The molecule has 0 saturated heterocycles. The number of nitrogens with one attached hydrogen (secondary N) is 1. The molecule has 5 heteroatoms. The van der Waals surface area contributed by atoms with E-state index in [1.54, 1.807) is 7.11 Å². The van der Waals surface area contributed by atoms with E-state index in [4.69, 9.17) is 4.74 Å². The maximum absolute atomic E-state index is 12.8. The molecule has 3 rings (SSSR count). The zero-order valence-electron chi connectivity index (χ0n) is 15.9. The largest absolute Gasteiger partial charge is 0.496 e. The second kappa shape index (κ2) is 7.79. The molecule has 0 radical (unpaired) electrons. The van der Waals surface area contributed by atoms with E-state index in [9.17, 15) is 4.79 Å². The number of urea groups is 1. The summed E-state index contributed by atoms with van der Waals surface area (Å²) >= 11 is 0. The molecule has 1 heterocycles. The van der Waals surface area contributed by atoms with Crippen molar-refractivity contribution in [2.45, 2.75) is 18.9 Å². The molecule has 2 aromatic rings. The van der Waals surface area contributed by atoms with E-state index in [0.717, 1.165) is 17.0 Å². The third kappa shape index (κ3) is 3.53. The number of ether oxygens (including phenoxy) is 1. The van der Waals surface area contributed by atoms with E-state index < -0.39 is 0 Å². The number of hydrogen-bond donors (Lipinski definition) is 1. The minimum atomic E-state index is -0.0523. The lowest BCUT2D eigenvalue weighted by Crippen LogP contribution is -2.43. The van der Waals surface area contributed by atoms with Gasteiger partial charge in [-0.15, -0.1) is 0 Å². The highest BCUT2D eigenvalue weighted by Gasteiger charge is 2.30. The van der Waals surface area contributed by atoms with Crippen molar-refractivity contribution in [3.63, 3.8) is 0 Å². The molecule has 1 aliphatic heterocycles. The lowest BCUT2D eigenvalue weighted by atomic mass is 10.0. The van der Waals surface area contributed by atoms with Crippen LogP contribution in [-0.4, -0.2) is 45.2 Å². The van der Waals surface area contributed by atoms with Crippen LogP contribution in [-0.2, 0) is 0 Å². The molecule has 2 amide bonds. The molecule has 0 spiro atoms. The Bertz CT molecular complexity index is 775. The van der Waals surface area contributed by atoms with E-state index >= 15 is 0 Å². The van der Waals surface area contributed by atoms with Gasteiger partial charge in [-0.25, -0.2) is 4.79 Å². The first kappa shape index (κ1) is 18.3. The quantitative estimate of drug-likeness (QED) is 0.893. The Hall–Kier alpha value is -2.53. The summed E-state index contributed by atoms with van der Waals surface area (Å²) in [7, 11) is 5.69. The molecule has 2 aromatic carbocycles. The Morgan fingerprint density at radius 3 is 2.65 bits per heavy atom. The molecule has 0 saturated carbocycles. The van der Waals surface area contributed by atoms with E-state index in [-0.39, 0.29) is 12.1 Å². The maximum Gasteiger partial charge on any atom is 0.321 e. The highest BCUT2D eigenvalue weighted by molar-refractivity contribution is 5.94. The van der Waals surface area contributed by atoms with Gasteiger partial charge in [0.05, 0.1) is 13.2 Å². The molecule has 0 bridgehead atoms. The topological polar surface area (TPSA) is 44.8 Å². The summed E-state index contributed by atoms with van der Waals surface area (Å²) in [6.45, 7) is 3.38. The molecular formula is C21H27N3O2. The van der Waals surface area contributed by atoms with Crippen molar-refractivity contribution < 1.29 is 9.53 Å². The molecule has 26 heavy (non-hydrogen) atoms.